The highest BCUT2D eigenvalue weighted by atomic mass is 35.5. The first-order chi connectivity index (χ1) is 20.8. The highest BCUT2D eigenvalue weighted by molar-refractivity contribution is 6.17. The van der Waals surface area contributed by atoms with Gasteiger partial charge in [-0.3, -0.25) is 4.79 Å². The number of hydrogen-bond donors (Lipinski definition) is 0. The van der Waals surface area contributed by atoms with E-state index in [0.717, 1.165) is 5.56 Å². The van der Waals surface area contributed by atoms with Crippen LogP contribution >= 0.6 is 11.6 Å². The van der Waals surface area contributed by atoms with Crippen molar-refractivity contribution >= 4 is 35.8 Å². The van der Waals surface area contributed by atoms with Gasteiger partial charge in [-0.1, -0.05) is 12.1 Å². The van der Waals surface area contributed by atoms with E-state index in [9.17, 15) is 19.2 Å². The van der Waals surface area contributed by atoms with E-state index in [0.29, 0.717) is 31.5 Å². The van der Waals surface area contributed by atoms with Crippen LogP contribution in [-0.2, 0) is 20.1 Å². The number of nitrogens with zero attached hydrogens (tertiary/aromatic N) is 4. The Morgan fingerprint density at radius 1 is 0.600 bits per heavy atom. The van der Waals surface area contributed by atoms with Gasteiger partial charge >= 0.3 is 18.3 Å². The minimum atomic E-state index is -0.707. The lowest BCUT2D eigenvalue weighted by Crippen LogP contribution is -2.48. The number of amides is 4. The van der Waals surface area contributed by atoms with Gasteiger partial charge in [0, 0.05) is 63.8 Å². The predicted molar refractivity (Wildman–Crippen MR) is 175 cm³/mol. The van der Waals surface area contributed by atoms with Crippen LogP contribution in [0.15, 0.2) is 24.3 Å². The van der Waals surface area contributed by atoms with Crippen molar-refractivity contribution in [2.75, 3.05) is 52.4 Å². The zero-order chi connectivity index (χ0) is 34.0. The normalized spacial score (nSPS) is 16.5. The van der Waals surface area contributed by atoms with E-state index in [4.69, 9.17) is 25.8 Å². The predicted octanol–water partition coefficient (Wildman–Crippen LogP) is 6.37. The van der Waals surface area contributed by atoms with E-state index in [-0.39, 0.29) is 51.1 Å². The molecule has 0 aromatic heterocycles. The zero-order valence-electron chi connectivity index (χ0n) is 28.6. The average molecular weight is 653 g/mol. The van der Waals surface area contributed by atoms with Crippen molar-refractivity contribution in [2.24, 2.45) is 0 Å². The summed E-state index contributed by atoms with van der Waals surface area (Å²) in [5.74, 6) is 0.0803. The molecule has 45 heavy (non-hydrogen) atoms. The van der Waals surface area contributed by atoms with Crippen LogP contribution in [0, 0.1) is 0 Å². The van der Waals surface area contributed by atoms with Crippen molar-refractivity contribution in [3.8, 4) is 0 Å². The summed E-state index contributed by atoms with van der Waals surface area (Å²) in [7, 11) is 0. The van der Waals surface area contributed by atoms with Crippen molar-refractivity contribution in [1.29, 1.82) is 0 Å². The second-order valence-corrected chi connectivity index (χ2v) is 14.5. The number of carbonyl (C=O) groups is 4. The van der Waals surface area contributed by atoms with E-state index in [1.165, 1.54) is 0 Å². The van der Waals surface area contributed by atoms with Gasteiger partial charge in [-0.15, -0.1) is 11.6 Å². The number of alkyl halides is 1. The molecule has 0 radical (unpaired) electrons. The maximum absolute atomic E-state index is 13.7. The molecule has 254 valence electrons. The van der Waals surface area contributed by atoms with Gasteiger partial charge in [0.15, 0.2) is 0 Å². The Labute approximate surface area is 274 Å². The molecule has 0 aliphatic carbocycles. The van der Waals surface area contributed by atoms with Gasteiger partial charge in [-0.2, -0.15) is 0 Å². The Kier molecular flexibility index (Phi) is 13.8. The average Bonchev–Trinajstić information content (AvgIpc) is 2.90. The van der Waals surface area contributed by atoms with Gasteiger partial charge in [-0.25, -0.2) is 14.4 Å². The summed E-state index contributed by atoms with van der Waals surface area (Å²) < 4.78 is 17.0. The minimum Gasteiger partial charge on any atom is -0.444 e. The first kappa shape index (κ1) is 38.0. The Morgan fingerprint density at radius 3 is 1.31 bits per heavy atom. The molecule has 1 aromatic rings. The van der Waals surface area contributed by atoms with Crippen LogP contribution in [0.4, 0.5) is 14.4 Å². The third kappa shape index (κ3) is 14.2. The van der Waals surface area contributed by atoms with Crippen molar-refractivity contribution in [3.63, 3.8) is 0 Å². The largest absolute Gasteiger partial charge is 0.444 e. The fourth-order valence-electron chi connectivity index (χ4n) is 4.54. The van der Waals surface area contributed by atoms with Crippen LogP contribution in [0.1, 0.15) is 91.1 Å². The molecule has 1 aromatic carbocycles. The fourth-order valence-corrected chi connectivity index (χ4v) is 4.70. The molecule has 11 nitrogen and oxygen atoms in total. The quantitative estimate of drug-likeness (QED) is 0.270. The summed E-state index contributed by atoms with van der Waals surface area (Å²) in [4.78, 5) is 59.8. The fraction of sp³-hybridized carbons (Fsp3) is 0.697. The molecule has 0 unspecified atom stereocenters. The molecule has 1 saturated heterocycles. The lowest BCUT2D eigenvalue weighted by Gasteiger charge is -2.34. The van der Waals surface area contributed by atoms with E-state index < -0.39 is 35.1 Å². The second-order valence-electron chi connectivity index (χ2n) is 14.2. The van der Waals surface area contributed by atoms with E-state index in [1.807, 2.05) is 6.07 Å². The topological polar surface area (TPSA) is 109 Å². The molecule has 0 atom stereocenters. The molecule has 1 fully saturated rings. The number of hydrogen-bond acceptors (Lipinski definition) is 7. The van der Waals surface area contributed by atoms with E-state index in [1.54, 1.807) is 100 Å². The molecule has 0 bridgehead atoms. The van der Waals surface area contributed by atoms with Crippen molar-refractivity contribution in [1.82, 2.24) is 19.6 Å². The van der Waals surface area contributed by atoms with Gasteiger partial charge in [0.2, 0.25) is 0 Å². The van der Waals surface area contributed by atoms with Crippen LogP contribution in [-0.4, -0.2) is 113 Å². The Morgan fingerprint density at radius 2 is 0.956 bits per heavy atom. The summed E-state index contributed by atoms with van der Waals surface area (Å²) in [6, 6.07) is 7.16. The van der Waals surface area contributed by atoms with Crippen molar-refractivity contribution in [3.05, 3.63) is 35.4 Å². The highest BCUT2D eigenvalue weighted by Gasteiger charge is 2.29. The minimum absolute atomic E-state index is 0.196. The molecular weight excluding hydrogens is 600 g/mol. The molecule has 1 heterocycles. The van der Waals surface area contributed by atoms with E-state index in [2.05, 4.69) is 0 Å². The Hall–Kier alpha value is -3.21. The number of halogens is 1. The highest BCUT2D eigenvalue weighted by Crippen LogP contribution is 2.17. The standard InChI is InChI=1S/C33H53ClN4O7/c1-31(2,3)43-28(40)36-17-12-18-38(30(42)45-33(7,8)9)22-21-37(29(41)44-32(4,5)6)16-11-15-35(19-20-36)27(39)26-14-10-13-25(23-26)24-34/h10,13-14,23H,11-12,15-22,24H2,1-9H3. The van der Waals surface area contributed by atoms with Crippen LogP contribution in [0.2, 0.25) is 0 Å². The molecule has 12 heteroatoms. The smallest absolute Gasteiger partial charge is 0.410 e. The van der Waals surface area contributed by atoms with Crippen molar-refractivity contribution in [2.45, 2.75) is 97.8 Å². The molecule has 1 aliphatic heterocycles. The Bertz CT molecular complexity index is 1160. The number of benzene rings is 1. The van der Waals surface area contributed by atoms with Gasteiger partial charge in [-0.05, 0) is 92.9 Å². The zero-order valence-corrected chi connectivity index (χ0v) is 29.4. The van der Waals surface area contributed by atoms with Gasteiger partial charge in [0.1, 0.15) is 16.8 Å². The van der Waals surface area contributed by atoms with Gasteiger partial charge in [0.05, 0.1) is 0 Å². The molecular formula is C33H53ClN4O7. The number of carbonyl (C=O) groups excluding carboxylic acids is 4. The molecule has 0 N–H and O–H groups in total. The second kappa shape index (κ2) is 16.4. The maximum atomic E-state index is 13.7. The third-order valence-corrected chi connectivity index (χ3v) is 6.87. The van der Waals surface area contributed by atoms with Crippen LogP contribution in [0.5, 0.6) is 0 Å². The summed E-state index contributed by atoms with van der Waals surface area (Å²) in [5.41, 5.74) is -0.799. The molecule has 0 spiro atoms. The maximum Gasteiger partial charge on any atom is 0.410 e. The van der Waals surface area contributed by atoms with Crippen molar-refractivity contribution < 1.29 is 33.4 Å². The van der Waals surface area contributed by atoms with Gasteiger partial charge in [0.25, 0.3) is 5.91 Å². The summed E-state index contributed by atoms with van der Waals surface area (Å²) in [6.07, 6.45) is -0.623. The lowest BCUT2D eigenvalue weighted by molar-refractivity contribution is 0.0102. The lowest BCUT2D eigenvalue weighted by atomic mass is 10.1. The molecule has 4 amide bonds. The number of rotatable bonds is 2. The summed E-state index contributed by atoms with van der Waals surface area (Å²) in [6.45, 7) is 18.2. The monoisotopic (exact) mass is 652 g/mol. The first-order valence-electron chi connectivity index (χ1n) is 15.7. The van der Waals surface area contributed by atoms with Crippen LogP contribution in [0.25, 0.3) is 0 Å². The number of ether oxygens (including phenoxy) is 3. The van der Waals surface area contributed by atoms with Crippen LogP contribution in [0.3, 0.4) is 0 Å². The summed E-state index contributed by atoms with van der Waals surface area (Å²) in [5, 5.41) is 0. The van der Waals surface area contributed by atoms with Crippen LogP contribution < -0.4 is 0 Å². The molecule has 1 aliphatic rings. The molecule has 0 saturated carbocycles. The third-order valence-electron chi connectivity index (χ3n) is 6.56. The summed E-state index contributed by atoms with van der Waals surface area (Å²) >= 11 is 6.03. The SMILES string of the molecule is CC(C)(C)OC(=O)N1CCCN(C(=O)OC(C)(C)C)CCN(C(=O)c2cccc(CCl)c2)CCCN(C(=O)OC(C)(C)C)CC1. The van der Waals surface area contributed by atoms with E-state index >= 15 is 0 Å². The molecule has 2 rings (SSSR count). The Balaban J connectivity index is 2.41. The first-order valence-corrected chi connectivity index (χ1v) is 16.2. The van der Waals surface area contributed by atoms with Gasteiger partial charge < -0.3 is 33.8 Å².